The van der Waals surface area contributed by atoms with E-state index in [1.165, 1.54) is 11.1 Å². The van der Waals surface area contributed by atoms with Gasteiger partial charge in [-0.25, -0.2) is 18.1 Å². The summed E-state index contributed by atoms with van der Waals surface area (Å²) in [6, 6.07) is 10.0. The molecule has 8 rings (SSSR count). The number of carbonyl (C=O) groups excluding carboxylic acids is 1. The first-order valence-electron chi connectivity index (χ1n) is 20.5. The maximum atomic E-state index is 14.0. The molecule has 1 saturated carbocycles. The number of aryl methyl sites for hydroxylation is 1. The quantitative estimate of drug-likeness (QED) is 0.392. The number of nitrogens with one attached hydrogen (secondary N) is 1. The lowest BCUT2D eigenvalue weighted by molar-refractivity contribution is -0.108. The summed E-state index contributed by atoms with van der Waals surface area (Å²) in [6.45, 7) is 12.0. The number of piperazine rings is 1. The Kier molecular flexibility index (Phi) is 11.3. The Morgan fingerprint density at radius 3 is 2.80 bits per heavy atom. The number of nitrogens with zero attached hydrogens (tertiary/aromatic N) is 4. The SMILES string of the molecule is CCC[C@@H]1[C@@H](C)C/C=C/[C@](CN2CCN3CCOC[C@@H]3C2)(OC)[C@@H]2CC[C@H]2CN2C[C@@]3(CCCc4cc(Cl)ccc43)COc3ccc(nc32)C(=O)NS1(=O)=O. The average Bonchev–Trinajstić information content (AvgIpc) is 3.31. The van der Waals surface area contributed by atoms with Gasteiger partial charge in [-0.3, -0.25) is 14.6 Å². The van der Waals surface area contributed by atoms with Gasteiger partial charge in [0.25, 0.3) is 5.91 Å². The van der Waals surface area contributed by atoms with E-state index in [4.69, 9.17) is 30.8 Å². The van der Waals surface area contributed by atoms with Crippen LogP contribution in [0.4, 0.5) is 5.82 Å². The number of morpholine rings is 1. The highest BCUT2D eigenvalue weighted by Crippen LogP contribution is 2.49. The zero-order chi connectivity index (χ0) is 38.4. The molecule has 2 aromatic rings. The summed E-state index contributed by atoms with van der Waals surface area (Å²) in [4.78, 5) is 26.2. The van der Waals surface area contributed by atoms with Gasteiger partial charge in [0, 0.05) is 69.4 Å². The summed E-state index contributed by atoms with van der Waals surface area (Å²) in [5.74, 6) is 0.776. The molecule has 1 aromatic heterocycles. The standard InChI is InChI=1S/C42H58ClN5O6S/c1-4-7-38-29(2)8-5-17-42(52-3,27-46-18-19-47-20-21-53-25-33(47)24-46)35-12-10-31(35)23-48-26-41(16-6-9-30-22-32(43)11-13-34(30)41)28-54-37-15-14-36(44-39(37)48)40(49)45-55(38,50)51/h5,11,13-15,17,22,29,31,33,35,38H,4,6-10,12,16,18-21,23-28H2,1-3H3,(H,45,49)/b17-5+/t29-,31-,33-,35+,38+,41-,42+/m0/s1. The van der Waals surface area contributed by atoms with E-state index >= 15 is 0 Å². The Bertz CT molecular complexity index is 1880. The lowest BCUT2D eigenvalue weighted by Crippen LogP contribution is -2.62. The molecule has 1 N–H and O–H groups in total. The fraction of sp³-hybridized carbons (Fsp3) is 0.667. The number of sulfonamides is 1. The number of anilines is 1. The number of hydrogen-bond donors (Lipinski definition) is 1. The number of methoxy groups -OCH3 is 1. The van der Waals surface area contributed by atoms with Crippen LogP contribution in [0.2, 0.25) is 5.02 Å². The summed E-state index contributed by atoms with van der Waals surface area (Å²) < 4.78 is 49.7. The molecule has 0 unspecified atom stereocenters. The number of ether oxygens (including phenoxy) is 3. The van der Waals surface area contributed by atoms with Gasteiger partial charge >= 0.3 is 0 Å². The normalized spacial score (nSPS) is 34.6. The molecule has 0 radical (unpaired) electrons. The molecular weight excluding hydrogens is 738 g/mol. The van der Waals surface area contributed by atoms with E-state index < -0.39 is 26.8 Å². The van der Waals surface area contributed by atoms with Crippen LogP contribution in [-0.2, 0) is 31.3 Å². The molecule has 300 valence electrons. The Hall–Kier alpha value is -2.74. The minimum atomic E-state index is -4.02. The second kappa shape index (κ2) is 15.9. The van der Waals surface area contributed by atoms with Crippen LogP contribution in [0.25, 0.3) is 0 Å². The molecule has 1 aromatic carbocycles. The molecule has 6 aliphatic rings. The first kappa shape index (κ1) is 39.1. The monoisotopic (exact) mass is 795 g/mol. The van der Waals surface area contributed by atoms with Gasteiger partial charge in [0.1, 0.15) is 11.3 Å². The van der Waals surface area contributed by atoms with Crippen molar-refractivity contribution in [2.45, 2.75) is 87.5 Å². The number of fused-ring (bicyclic) bond motifs is 5. The molecule has 4 aliphatic heterocycles. The first-order valence-corrected chi connectivity index (χ1v) is 22.5. The van der Waals surface area contributed by atoms with Crippen LogP contribution in [-0.4, -0.2) is 119 Å². The third-order valence-electron chi connectivity index (χ3n) is 13.7. The summed E-state index contributed by atoms with van der Waals surface area (Å²) in [5, 5.41) is -0.00708. The molecule has 7 atom stereocenters. The molecule has 55 heavy (non-hydrogen) atoms. The van der Waals surface area contributed by atoms with Crippen LogP contribution in [0.3, 0.4) is 0 Å². The highest BCUT2D eigenvalue weighted by Gasteiger charge is 2.50. The van der Waals surface area contributed by atoms with Gasteiger partial charge in [-0.1, -0.05) is 50.1 Å². The Balaban J connectivity index is 1.20. The fourth-order valence-electron chi connectivity index (χ4n) is 10.6. The first-order chi connectivity index (χ1) is 26.5. The van der Waals surface area contributed by atoms with E-state index in [9.17, 15) is 13.2 Å². The summed E-state index contributed by atoms with van der Waals surface area (Å²) in [5.41, 5.74) is 1.70. The number of carbonyl (C=O) groups is 1. The third-order valence-corrected chi connectivity index (χ3v) is 15.9. The number of benzene rings is 1. The van der Waals surface area contributed by atoms with Crippen molar-refractivity contribution in [3.05, 3.63) is 64.3 Å². The van der Waals surface area contributed by atoms with Gasteiger partial charge < -0.3 is 19.1 Å². The highest BCUT2D eigenvalue weighted by atomic mass is 35.5. The molecule has 1 spiro atoms. The molecule has 5 heterocycles. The van der Waals surface area contributed by atoms with Crippen molar-refractivity contribution in [2.75, 3.05) is 77.6 Å². The molecule has 2 aliphatic carbocycles. The number of rotatable bonds is 5. The van der Waals surface area contributed by atoms with Crippen molar-refractivity contribution in [2.24, 2.45) is 17.8 Å². The zero-order valence-corrected chi connectivity index (χ0v) is 34.3. The topological polar surface area (TPSA) is 114 Å². The van der Waals surface area contributed by atoms with Gasteiger partial charge in [0.2, 0.25) is 10.0 Å². The van der Waals surface area contributed by atoms with Gasteiger partial charge in [-0.2, -0.15) is 0 Å². The van der Waals surface area contributed by atoms with Crippen molar-refractivity contribution in [1.29, 1.82) is 0 Å². The number of halogens is 1. The highest BCUT2D eigenvalue weighted by molar-refractivity contribution is 7.90. The molecular formula is C42H58ClN5O6S. The smallest absolute Gasteiger partial charge is 0.283 e. The number of hydrogen-bond acceptors (Lipinski definition) is 10. The van der Waals surface area contributed by atoms with E-state index in [-0.39, 0.29) is 28.9 Å². The van der Waals surface area contributed by atoms with Crippen LogP contribution in [0, 0.1) is 17.8 Å². The maximum Gasteiger partial charge on any atom is 0.283 e. The van der Waals surface area contributed by atoms with Gasteiger partial charge in [0.15, 0.2) is 11.6 Å². The summed E-state index contributed by atoms with van der Waals surface area (Å²) in [7, 11) is -2.17. The summed E-state index contributed by atoms with van der Waals surface area (Å²) >= 11 is 6.52. The van der Waals surface area contributed by atoms with Crippen molar-refractivity contribution >= 4 is 33.3 Å². The maximum absolute atomic E-state index is 14.0. The van der Waals surface area contributed by atoms with E-state index in [1.54, 1.807) is 12.1 Å². The average molecular weight is 796 g/mol. The van der Waals surface area contributed by atoms with E-state index in [2.05, 4.69) is 43.7 Å². The number of aromatic nitrogens is 1. The van der Waals surface area contributed by atoms with Crippen molar-refractivity contribution in [3.63, 3.8) is 0 Å². The van der Waals surface area contributed by atoms with Crippen LogP contribution in [0.5, 0.6) is 5.75 Å². The third kappa shape index (κ3) is 7.68. The van der Waals surface area contributed by atoms with Crippen LogP contribution < -0.4 is 14.4 Å². The van der Waals surface area contributed by atoms with E-state index in [1.807, 2.05) is 27.0 Å². The zero-order valence-electron chi connectivity index (χ0n) is 32.7. The largest absolute Gasteiger partial charge is 0.489 e. The number of pyridine rings is 1. The number of allylic oxidation sites excluding steroid dienone is 1. The van der Waals surface area contributed by atoms with E-state index in [0.717, 1.165) is 83.1 Å². The van der Waals surface area contributed by atoms with Crippen molar-refractivity contribution in [3.8, 4) is 5.75 Å². The molecule has 2 saturated heterocycles. The summed E-state index contributed by atoms with van der Waals surface area (Å²) in [6.07, 6.45) is 11.1. The second-order valence-corrected chi connectivity index (χ2v) is 19.5. The Labute approximate surface area is 332 Å². The van der Waals surface area contributed by atoms with Crippen LogP contribution in [0.1, 0.15) is 80.4 Å². The predicted octanol–water partition coefficient (Wildman–Crippen LogP) is 5.46. The van der Waals surface area contributed by atoms with Gasteiger partial charge in [0.05, 0.1) is 25.1 Å². The Morgan fingerprint density at radius 1 is 1.13 bits per heavy atom. The minimum absolute atomic E-state index is 0.0693. The molecule has 1 amide bonds. The minimum Gasteiger partial charge on any atom is -0.489 e. The molecule has 2 bridgehead atoms. The second-order valence-electron chi connectivity index (χ2n) is 17.1. The van der Waals surface area contributed by atoms with E-state index in [0.29, 0.717) is 56.6 Å². The number of amides is 1. The van der Waals surface area contributed by atoms with Crippen molar-refractivity contribution in [1.82, 2.24) is 19.5 Å². The lowest BCUT2D eigenvalue weighted by Gasteiger charge is -2.53. The predicted molar refractivity (Wildman–Crippen MR) is 215 cm³/mol. The fourth-order valence-corrected chi connectivity index (χ4v) is 12.6. The van der Waals surface area contributed by atoms with Crippen molar-refractivity contribution < 1.29 is 27.4 Å². The van der Waals surface area contributed by atoms with Crippen LogP contribution >= 0.6 is 11.6 Å². The lowest BCUT2D eigenvalue weighted by atomic mass is 9.63. The van der Waals surface area contributed by atoms with Crippen LogP contribution in [0.15, 0.2) is 42.5 Å². The Morgan fingerprint density at radius 2 is 2.00 bits per heavy atom. The molecule has 13 heteroatoms. The van der Waals surface area contributed by atoms with Gasteiger partial charge in [-0.05, 0) is 98.1 Å². The van der Waals surface area contributed by atoms with Gasteiger partial charge in [-0.15, -0.1) is 0 Å². The molecule has 3 fully saturated rings. The molecule has 11 nitrogen and oxygen atoms in total.